The largest absolute Gasteiger partial charge is 0.314 e. The van der Waals surface area contributed by atoms with Gasteiger partial charge in [0, 0.05) is 37.2 Å². The highest BCUT2D eigenvalue weighted by Gasteiger charge is 2.18. The number of rotatable bonds is 6. The number of sulfonamides is 1. The Labute approximate surface area is 139 Å². The molecule has 2 rings (SSSR count). The van der Waals surface area contributed by atoms with Crippen molar-refractivity contribution in [3.05, 3.63) is 27.7 Å². The molecule has 1 aliphatic rings. The predicted molar refractivity (Wildman–Crippen MR) is 88.3 cm³/mol. The summed E-state index contributed by atoms with van der Waals surface area (Å²) in [6.45, 7) is 5.35. The Kier molecular flexibility index (Phi) is 6.46. The van der Waals surface area contributed by atoms with Gasteiger partial charge < -0.3 is 10.2 Å². The maximum absolute atomic E-state index is 12.2. The van der Waals surface area contributed by atoms with E-state index in [0.29, 0.717) is 11.0 Å². The van der Waals surface area contributed by atoms with Gasteiger partial charge in [-0.15, -0.1) is 0 Å². The first-order valence-corrected chi connectivity index (χ1v) is 9.52. The molecule has 0 bridgehead atoms. The summed E-state index contributed by atoms with van der Waals surface area (Å²) in [5.41, 5.74) is 0. The van der Waals surface area contributed by atoms with E-state index in [1.165, 1.54) is 6.07 Å². The van der Waals surface area contributed by atoms with E-state index < -0.39 is 10.0 Å². The van der Waals surface area contributed by atoms with E-state index in [9.17, 15) is 8.42 Å². The molecule has 0 atom stereocenters. The van der Waals surface area contributed by atoms with E-state index in [1.54, 1.807) is 12.1 Å². The molecule has 1 fully saturated rings. The van der Waals surface area contributed by atoms with Crippen LogP contribution in [-0.2, 0) is 10.0 Å². The van der Waals surface area contributed by atoms with Gasteiger partial charge in [0.1, 0.15) is 4.90 Å². The normalized spacial score (nSPS) is 17.0. The molecule has 1 aromatic rings. The zero-order valence-corrected chi connectivity index (χ0v) is 14.8. The van der Waals surface area contributed by atoms with Crippen molar-refractivity contribution in [3.8, 4) is 0 Å². The summed E-state index contributed by atoms with van der Waals surface area (Å²) in [4.78, 5) is 2.44. The second-order valence-corrected chi connectivity index (χ2v) is 7.98. The maximum atomic E-state index is 12.2. The van der Waals surface area contributed by atoms with Crippen LogP contribution in [0.5, 0.6) is 0 Å². The number of hydrogen-bond donors (Lipinski definition) is 2. The van der Waals surface area contributed by atoms with Gasteiger partial charge in [-0.2, -0.15) is 0 Å². The number of benzene rings is 1. The standard InChI is InChI=1S/C13H19BrClN3O2S/c14-11-2-3-12(15)13(10-11)21(19,20)17-4-1-7-18-8-5-16-6-9-18/h2-3,10,16-17H,1,4-9H2. The third kappa shape index (κ3) is 5.19. The van der Waals surface area contributed by atoms with Crippen molar-refractivity contribution in [3.63, 3.8) is 0 Å². The zero-order chi connectivity index (χ0) is 15.3. The number of nitrogens with zero attached hydrogens (tertiary/aromatic N) is 1. The summed E-state index contributed by atoms with van der Waals surface area (Å²) >= 11 is 9.22. The van der Waals surface area contributed by atoms with Gasteiger partial charge in [-0.25, -0.2) is 13.1 Å². The lowest BCUT2D eigenvalue weighted by Gasteiger charge is -2.27. The smallest absolute Gasteiger partial charge is 0.242 e. The van der Waals surface area contributed by atoms with E-state index in [4.69, 9.17) is 11.6 Å². The molecule has 0 saturated carbocycles. The lowest BCUT2D eigenvalue weighted by Crippen LogP contribution is -2.44. The van der Waals surface area contributed by atoms with Crippen LogP contribution in [0.15, 0.2) is 27.6 Å². The number of piperazine rings is 1. The highest BCUT2D eigenvalue weighted by atomic mass is 79.9. The van der Waals surface area contributed by atoms with Crippen molar-refractivity contribution in [2.45, 2.75) is 11.3 Å². The van der Waals surface area contributed by atoms with E-state index in [1.807, 2.05) is 0 Å². The van der Waals surface area contributed by atoms with Crippen LogP contribution in [0.3, 0.4) is 0 Å². The van der Waals surface area contributed by atoms with E-state index in [0.717, 1.165) is 39.1 Å². The van der Waals surface area contributed by atoms with Crippen LogP contribution >= 0.6 is 27.5 Å². The van der Waals surface area contributed by atoms with Crippen molar-refractivity contribution in [2.75, 3.05) is 39.3 Å². The molecular formula is C13H19BrClN3O2S. The van der Waals surface area contributed by atoms with Gasteiger partial charge in [-0.1, -0.05) is 27.5 Å². The Morgan fingerprint density at radius 2 is 2.05 bits per heavy atom. The molecule has 118 valence electrons. The first-order chi connectivity index (χ1) is 9.99. The summed E-state index contributed by atoms with van der Waals surface area (Å²) in [7, 11) is -3.56. The minimum absolute atomic E-state index is 0.112. The lowest BCUT2D eigenvalue weighted by molar-refractivity contribution is 0.239. The molecule has 2 N–H and O–H groups in total. The Bertz CT molecular complexity index is 577. The average Bonchev–Trinajstić information content (AvgIpc) is 2.47. The van der Waals surface area contributed by atoms with Gasteiger partial charge in [0.05, 0.1) is 5.02 Å². The molecule has 21 heavy (non-hydrogen) atoms. The molecule has 0 aromatic heterocycles. The molecule has 0 radical (unpaired) electrons. The van der Waals surface area contributed by atoms with Crippen LogP contribution in [0.25, 0.3) is 0 Å². The van der Waals surface area contributed by atoms with Gasteiger partial charge in [0.15, 0.2) is 0 Å². The minimum Gasteiger partial charge on any atom is -0.314 e. The summed E-state index contributed by atoms with van der Waals surface area (Å²) < 4.78 is 27.7. The molecular weight excluding hydrogens is 378 g/mol. The maximum Gasteiger partial charge on any atom is 0.242 e. The van der Waals surface area contributed by atoms with Crippen LogP contribution < -0.4 is 10.0 Å². The fourth-order valence-electron chi connectivity index (χ4n) is 2.20. The molecule has 0 unspecified atom stereocenters. The van der Waals surface area contributed by atoms with Crippen molar-refractivity contribution >= 4 is 37.6 Å². The van der Waals surface area contributed by atoms with Crippen molar-refractivity contribution < 1.29 is 8.42 Å². The monoisotopic (exact) mass is 395 g/mol. The Balaban J connectivity index is 1.85. The fraction of sp³-hybridized carbons (Fsp3) is 0.538. The zero-order valence-electron chi connectivity index (χ0n) is 11.6. The molecule has 1 aromatic carbocycles. The van der Waals surface area contributed by atoms with Crippen molar-refractivity contribution in [2.24, 2.45) is 0 Å². The molecule has 8 heteroatoms. The van der Waals surface area contributed by atoms with Gasteiger partial charge >= 0.3 is 0 Å². The summed E-state index contributed by atoms with van der Waals surface area (Å²) in [5.74, 6) is 0. The van der Waals surface area contributed by atoms with Crippen molar-refractivity contribution in [1.29, 1.82) is 0 Å². The average molecular weight is 397 g/mol. The molecule has 0 aliphatic carbocycles. The summed E-state index contributed by atoms with van der Waals surface area (Å²) in [6.07, 6.45) is 0.783. The third-order valence-electron chi connectivity index (χ3n) is 3.34. The quantitative estimate of drug-likeness (QED) is 0.718. The molecule has 1 heterocycles. The van der Waals surface area contributed by atoms with Gasteiger partial charge in [0.25, 0.3) is 0 Å². The number of nitrogens with one attached hydrogen (secondary N) is 2. The van der Waals surface area contributed by atoms with Crippen LogP contribution in [0.1, 0.15) is 6.42 Å². The molecule has 0 spiro atoms. The van der Waals surface area contributed by atoms with Gasteiger partial charge in [0.2, 0.25) is 10.0 Å². The first-order valence-electron chi connectivity index (χ1n) is 6.87. The van der Waals surface area contributed by atoms with Crippen molar-refractivity contribution in [1.82, 2.24) is 14.9 Å². The second kappa shape index (κ2) is 7.89. The number of hydrogen-bond acceptors (Lipinski definition) is 4. The first kappa shape index (κ1) is 17.2. The molecule has 1 saturated heterocycles. The molecule has 1 aliphatic heterocycles. The van der Waals surface area contributed by atoms with Crippen LogP contribution in [0.2, 0.25) is 5.02 Å². The van der Waals surface area contributed by atoms with Gasteiger partial charge in [-0.05, 0) is 31.2 Å². The third-order valence-corrected chi connectivity index (χ3v) is 5.77. The molecule has 0 amide bonds. The van der Waals surface area contributed by atoms with Crippen LogP contribution in [0, 0.1) is 0 Å². The fourth-order valence-corrected chi connectivity index (χ4v) is 4.32. The predicted octanol–water partition coefficient (Wildman–Crippen LogP) is 1.68. The van der Waals surface area contributed by atoms with E-state index in [-0.39, 0.29) is 9.92 Å². The summed E-state index contributed by atoms with van der Waals surface area (Å²) in [6, 6.07) is 4.80. The highest BCUT2D eigenvalue weighted by molar-refractivity contribution is 9.10. The van der Waals surface area contributed by atoms with Crippen LogP contribution in [0.4, 0.5) is 0 Å². The topological polar surface area (TPSA) is 61.4 Å². The summed E-state index contributed by atoms with van der Waals surface area (Å²) in [5, 5.41) is 3.52. The van der Waals surface area contributed by atoms with Crippen LogP contribution in [-0.4, -0.2) is 52.6 Å². The SMILES string of the molecule is O=S(=O)(NCCCN1CCNCC1)c1cc(Br)ccc1Cl. The highest BCUT2D eigenvalue weighted by Crippen LogP contribution is 2.24. The second-order valence-electron chi connectivity index (χ2n) is 4.92. The van der Waals surface area contributed by atoms with E-state index >= 15 is 0 Å². The lowest BCUT2D eigenvalue weighted by atomic mass is 10.3. The van der Waals surface area contributed by atoms with Gasteiger partial charge in [-0.3, -0.25) is 0 Å². The Morgan fingerprint density at radius 1 is 1.33 bits per heavy atom. The van der Waals surface area contributed by atoms with E-state index in [2.05, 4.69) is 30.9 Å². The number of halogens is 2. The Morgan fingerprint density at radius 3 is 2.76 bits per heavy atom. The molecule has 5 nitrogen and oxygen atoms in total. The Hall–Kier alpha value is -0.180. The minimum atomic E-state index is -3.56.